The molecular weight excluding hydrogens is 234 g/mol. The molecule has 0 aliphatic heterocycles. The summed E-state index contributed by atoms with van der Waals surface area (Å²) in [6.45, 7) is 0.378. The normalized spacial score (nSPS) is 11.3. The van der Waals surface area contributed by atoms with E-state index >= 15 is 0 Å². The molecule has 0 radical (unpaired) electrons. The third-order valence-corrected chi connectivity index (χ3v) is 2.53. The maximum atomic E-state index is 11.8. The van der Waals surface area contributed by atoms with Crippen molar-refractivity contribution < 1.29 is 14.7 Å². The molecule has 1 rings (SSSR count). The van der Waals surface area contributed by atoms with Crippen LogP contribution in [0.2, 0.25) is 0 Å². The summed E-state index contributed by atoms with van der Waals surface area (Å²) >= 11 is 0. The summed E-state index contributed by atoms with van der Waals surface area (Å²) in [6, 6.07) is 6.90. The second-order valence-corrected chi connectivity index (χ2v) is 3.73. The van der Waals surface area contributed by atoms with Crippen molar-refractivity contribution in [2.75, 3.05) is 25.7 Å². The molecule has 0 saturated heterocycles. The van der Waals surface area contributed by atoms with Crippen LogP contribution in [0, 0.1) is 0 Å². The van der Waals surface area contributed by atoms with Crippen molar-refractivity contribution in [3.8, 4) is 0 Å². The lowest BCUT2D eigenvalue weighted by Crippen LogP contribution is -2.27. The Kier molecular flexibility index (Phi) is 5.13. The lowest BCUT2D eigenvalue weighted by molar-refractivity contribution is -0.119. The molecule has 1 aromatic carbocycles. The monoisotopic (exact) mass is 251 g/mol. The molecule has 1 aromatic rings. The topological polar surface area (TPSA) is 88.2 Å². The molecule has 0 unspecified atom stereocenters. The number of anilines is 1. The summed E-state index contributed by atoms with van der Waals surface area (Å²) in [4.78, 5) is 13.3. The zero-order valence-electron chi connectivity index (χ0n) is 10.5. The van der Waals surface area contributed by atoms with E-state index in [0.29, 0.717) is 24.3 Å². The van der Waals surface area contributed by atoms with Gasteiger partial charge in [0.15, 0.2) is 5.84 Å². The van der Waals surface area contributed by atoms with Gasteiger partial charge in [-0.05, 0) is 12.1 Å². The van der Waals surface area contributed by atoms with Gasteiger partial charge in [-0.2, -0.15) is 0 Å². The molecule has 1 amide bonds. The molecule has 6 heteroatoms. The number of carbonyl (C=O) groups excluding carboxylic acids is 1. The molecule has 0 heterocycles. The lowest BCUT2D eigenvalue weighted by atomic mass is 10.1. The van der Waals surface area contributed by atoms with E-state index in [0.717, 1.165) is 0 Å². The zero-order chi connectivity index (χ0) is 13.5. The van der Waals surface area contributed by atoms with Crippen molar-refractivity contribution in [1.29, 1.82) is 0 Å². The van der Waals surface area contributed by atoms with E-state index in [2.05, 4.69) is 5.16 Å². The number of hydrogen-bond acceptors (Lipinski definition) is 4. The predicted octanol–water partition coefficient (Wildman–Crippen LogP) is 0.780. The summed E-state index contributed by atoms with van der Waals surface area (Å²) in [6.07, 6.45) is 0.306. The number of oxime groups is 1. The second kappa shape index (κ2) is 6.61. The molecule has 0 saturated carbocycles. The fourth-order valence-electron chi connectivity index (χ4n) is 1.43. The van der Waals surface area contributed by atoms with Gasteiger partial charge in [0.1, 0.15) is 0 Å². The fourth-order valence-corrected chi connectivity index (χ4v) is 1.43. The number of nitrogens with zero attached hydrogens (tertiary/aromatic N) is 2. The fraction of sp³-hybridized carbons (Fsp3) is 0.333. The Bertz CT molecular complexity index is 446. The molecule has 98 valence electrons. The van der Waals surface area contributed by atoms with Crippen LogP contribution in [0.1, 0.15) is 12.0 Å². The summed E-state index contributed by atoms with van der Waals surface area (Å²) in [5.41, 5.74) is 6.73. The van der Waals surface area contributed by atoms with Gasteiger partial charge in [0.25, 0.3) is 0 Å². The van der Waals surface area contributed by atoms with Crippen molar-refractivity contribution in [2.45, 2.75) is 6.42 Å². The highest BCUT2D eigenvalue weighted by Gasteiger charge is 2.11. The molecule has 18 heavy (non-hydrogen) atoms. The smallest absolute Gasteiger partial charge is 0.229 e. The largest absolute Gasteiger partial charge is 0.409 e. The second-order valence-electron chi connectivity index (χ2n) is 3.73. The van der Waals surface area contributed by atoms with Crippen LogP contribution in [-0.2, 0) is 9.53 Å². The van der Waals surface area contributed by atoms with Crippen molar-refractivity contribution in [3.05, 3.63) is 29.8 Å². The zero-order valence-corrected chi connectivity index (χ0v) is 10.5. The molecule has 0 atom stereocenters. The molecule has 6 nitrogen and oxygen atoms in total. The van der Waals surface area contributed by atoms with Crippen LogP contribution in [0.4, 0.5) is 5.69 Å². The van der Waals surface area contributed by atoms with Gasteiger partial charge in [-0.3, -0.25) is 4.79 Å². The number of carbonyl (C=O) groups is 1. The van der Waals surface area contributed by atoms with E-state index in [1.54, 1.807) is 38.4 Å². The maximum absolute atomic E-state index is 11.8. The molecule has 0 aromatic heterocycles. The van der Waals surface area contributed by atoms with Gasteiger partial charge in [-0.1, -0.05) is 17.3 Å². The van der Waals surface area contributed by atoms with Gasteiger partial charge >= 0.3 is 0 Å². The Balaban J connectivity index is 2.86. The molecule has 0 fully saturated rings. The quantitative estimate of drug-likeness (QED) is 0.350. The Morgan fingerprint density at radius 2 is 2.28 bits per heavy atom. The average Bonchev–Trinajstić information content (AvgIpc) is 2.43. The van der Waals surface area contributed by atoms with Crippen molar-refractivity contribution in [3.63, 3.8) is 0 Å². The highest BCUT2D eigenvalue weighted by Crippen LogP contribution is 2.15. The number of amidine groups is 1. The van der Waals surface area contributed by atoms with Gasteiger partial charge in [-0.15, -0.1) is 0 Å². The van der Waals surface area contributed by atoms with Gasteiger partial charge in [0, 0.05) is 25.4 Å². The number of methoxy groups -OCH3 is 1. The molecule has 3 N–H and O–H groups in total. The SMILES string of the molecule is COCCC(=O)N(C)c1cccc(C(N)=NO)c1. The van der Waals surface area contributed by atoms with Gasteiger partial charge in [0.05, 0.1) is 13.0 Å². The van der Waals surface area contributed by atoms with Gasteiger partial charge in [-0.25, -0.2) is 0 Å². The van der Waals surface area contributed by atoms with E-state index in [9.17, 15) is 4.79 Å². The van der Waals surface area contributed by atoms with Crippen LogP contribution in [0.5, 0.6) is 0 Å². The Hall–Kier alpha value is -2.08. The van der Waals surface area contributed by atoms with E-state index in [1.807, 2.05) is 0 Å². The highest BCUT2D eigenvalue weighted by atomic mass is 16.5. The van der Waals surface area contributed by atoms with Crippen LogP contribution >= 0.6 is 0 Å². The first-order valence-corrected chi connectivity index (χ1v) is 5.43. The van der Waals surface area contributed by atoms with E-state index in [-0.39, 0.29) is 11.7 Å². The molecule has 0 spiro atoms. The maximum Gasteiger partial charge on any atom is 0.229 e. The summed E-state index contributed by atoms with van der Waals surface area (Å²) in [5.74, 6) is -0.0527. The number of amides is 1. The Morgan fingerprint density at radius 1 is 1.56 bits per heavy atom. The Labute approximate surface area is 106 Å². The average molecular weight is 251 g/mol. The number of nitrogens with two attached hydrogens (primary N) is 1. The standard InChI is InChI=1S/C12H17N3O3/c1-15(11(16)6-7-18-2)10-5-3-4-9(8-10)12(13)14-17/h3-5,8,17H,6-7H2,1-2H3,(H2,13,14). The molecule has 0 aliphatic rings. The van der Waals surface area contributed by atoms with Crippen LogP contribution in [-0.4, -0.2) is 37.7 Å². The van der Waals surface area contributed by atoms with Crippen molar-refractivity contribution in [2.24, 2.45) is 10.9 Å². The third kappa shape index (κ3) is 3.46. The highest BCUT2D eigenvalue weighted by molar-refractivity contribution is 5.99. The van der Waals surface area contributed by atoms with E-state index in [4.69, 9.17) is 15.7 Å². The Morgan fingerprint density at radius 3 is 2.89 bits per heavy atom. The summed E-state index contributed by atoms with van der Waals surface area (Å²) in [5, 5.41) is 11.5. The summed E-state index contributed by atoms with van der Waals surface area (Å²) in [7, 11) is 3.22. The first-order valence-electron chi connectivity index (χ1n) is 5.43. The van der Waals surface area contributed by atoms with Crippen molar-refractivity contribution in [1.82, 2.24) is 0 Å². The van der Waals surface area contributed by atoms with Crippen LogP contribution in [0.25, 0.3) is 0 Å². The van der Waals surface area contributed by atoms with Crippen LogP contribution in [0.15, 0.2) is 29.4 Å². The first-order chi connectivity index (χ1) is 8.60. The van der Waals surface area contributed by atoms with Gasteiger partial charge < -0.3 is 20.6 Å². The lowest BCUT2D eigenvalue weighted by Gasteiger charge is -2.17. The number of benzene rings is 1. The minimum atomic E-state index is -0.0616. The van der Waals surface area contributed by atoms with E-state index < -0.39 is 0 Å². The first kappa shape index (κ1) is 14.0. The number of ether oxygens (including phenoxy) is 1. The predicted molar refractivity (Wildman–Crippen MR) is 68.9 cm³/mol. The summed E-state index contributed by atoms with van der Waals surface area (Å²) < 4.78 is 4.86. The minimum Gasteiger partial charge on any atom is -0.409 e. The van der Waals surface area contributed by atoms with Crippen molar-refractivity contribution >= 4 is 17.4 Å². The van der Waals surface area contributed by atoms with Crippen LogP contribution in [0.3, 0.4) is 0 Å². The number of rotatable bonds is 5. The molecular formula is C12H17N3O3. The molecule has 0 bridgehead atoms. The van der Waals surface area contributed by atoms with E-state index in [1.165, 1.54) is 4.90 Å². The van der Waals surface area contributed by atoms with Crippen LogP contribution < -0.4 is 10.6 Å². The van der Waals surface area contributed by atoms with Gasteiger partial charge in [0.2, 0.25) is 5.91 Å². The third-order valence-electron chi connectivity index (χ3n) is 2.53. The minimum absolute atomic E-state index is 0.00888. The molecule has 0 aliphatic carbocycles. The number of hydrogen-bond donors (Lipinski definition) is 2.